The quantitative estimate of drug-likeness (QED) is 0.268. The van der Waals surface area contributed by atoms with E-state index in [0.717, 1.165) is 28.7 Å². The summed E-state index contributed by atoms with van der Waals surface area (Å²) in [5, 5.41) is 0.326. The lowest BCUT2D eigenvalue weighted by molar-refractivity contribution is -0.125. The molecule has 1 aliphatic heterocycles. The topological polar surface area (TPSA) is 141 Å². The fourth-order valence-corrected chi connectivity index (χ4v) is 6.92. The Kier molecular flexibility index (Phi) is 8.91. The number of thiophene rings is 1. The first kappa shape index (κ1) is 30.7. The molecule has 4 heterocycles. The van der Waals surface area contributed by atoms with E-state index in [4.69, 9.17) is 24.4 Å². The van der Waals surface area contributed by atoms with E-state index in [1.165, 1.54) is 37.6 Å². The molecule has 230 valence electrons. The maximum absolute atomic E-state index is 14.2. The Morgan fingerprint density at radius 1 is 1.23 bits per heavy atom. The average molecular weight is 611 g/mol. The van der Waals surface area contributed by atoms with E-state index in [2.05, 4.69) is 4.98 Å². The molecule has 2 atom stereocenters. The highest BCUT2D eigenvalue weighted by atomic mass is 32.1. The number of oxazole rings is 1. The molecule has 11 nitrogen and oxygen atoms in total. The molecule has 0 saturated carbocycles. The summed E-state index contributed by atoms with van der Waals surface area (Å²) in [5.74, 6) is -0.0266. The minimum absolute atomic E-state index is 0.0779. The Labute approximate surface area is 253 Å². The predicted molar refractivity (Wildman–Crippen MR) is 164 cm³/mol. The number of carbonyl (C=O) groups excluding carboxylic acids is 1. The zero-order chi connectivity index (χ0) is 30.9. The van der Waals surface area contributed by atoms with Gasteiger partial charge in [-0.1, -0.05) is 25.1 Å². The summed E-state index contributed by atoms with van der Waals surface area (Å²) in [5.41, 5.74) is 4.53. The van der Waals surface area contributed by atoms with Crippen molar-refractivity contribution in [3.63, 3.8) is 0 Å². The van der Waals surface area contributed by atoms with Crippen molar-refractivity contribution in [1.29, 1.82) is 0 Å². The highest BCUT2D eigenvalue weighted by Crippen LogP contribution is 2.38. The molecule has 0 spiro atoms. The number of ether oxygens (including phenoxy) is 3. The van der Waals surface area contributed by atoms with Crippen LogP contribution in [0.5, 0.6) is 5.75 Å². The van der Waals surface area contributed by atoms with Gasteiger partial charge < -0.3 is 24.4 Å². The van der Waals surface area contributed by atoms with Crippen molar-refractivity contribution in [1.82, 2.24) is 14.1 Å². The molecule has 1 aliphatic rings. The summed E-state index contributed by atoms with van der Waals surface area (Å²) < 4.78 is 25.8. The second-order valence-electron chi connectivity index (χ2n) is 11.5. The number of amides is 1. The third kappa shape index (κ3) is 5.78. The van der Waals surface area contributed by atoms with Gasteiger partial charge in [0.25, 0.3) is 5.56 Å². The normalized spacial score (nSPS) is 15.9. The molecule has 4 aromatic rings. The van der Waals surface area contributed by atoms with Crippen LogP contribution in [0.15, 0.2) is 50.7 Å². The standard InChI is InChI=1S/C31H38N4O7S/c1-18(22(17-42-20-10-13-40-14-11-20)21-8-6-7-9-23(21)39-5)16-34-28-24(19(2)25(43-28)26-33-12-15-41-26)27(36)35(30(34)38)31(3,4)29(32)37/h6-9,12,15,18,20,22H,10-11,13-14,16-17H2,1-5H3,(H2,32,37). The van der Waals surface area contributed by atoms with E-state index < -0.39 is 22.7 Å². The number of aryl methyl sites for hydroxylation is 1. The molecule has 1 amide bonds. The van der Waals surface area contributed by atoms with Gasteiger partial charge in [-0.25, -0.2) is 14.3 Å². The zero-order valence-corrected chi connectivity index (χ0v) is 25.9. The van der Waals surface area contributed by atoms with Crippen molar-refractivity contribution in [2.24, 2.45) is 11.7 Å². The van der Waals surface area contributed by atoms with Gasteiger partial charge in [-0.05, 0) is 56.7 Å². The fraction of sp³-hybridized carbons (Fsp3) is 0.484. The maximum Gasteiger partial charge on any atom is 0.333 e. The molecular weight excluding hydrogens is 572 g/mol. The fourth-order valence-electron chi connectivity index (χ4n) is 5.68. The Morgan fingerprint density at radius 3 is 2.60 bits per heavy atom. The molecule has 5 rings (SSSR count). The van der Waals surface area contributed by atoms with Gasteiger partial charge in [0.2, 0.25) is 11.8 Å². The summed E-state index contributed by atoms with van der Waals surface area (Å²) in [6.45, 7) is 8.76. The number of primary amides is 1. The summed E-state index contributed by atoms with van der Waals surface area (Å²) in [6.07, 6.45) is 4.70. The van der Waals surface area contributed by atoms with Gasteiger partial charge in [0, 0.05) is 25.7 Å². The van der Waals surface area contributed by atoms with Crippen LogP contribution >= 0.6 is 11.3 Å². The molecule has 0 aliphatic carbocycles. The lowest BCUT2D eigenvalue weighted by Gasteiger charge is -2.30. The first-order valence-electron chi connectivity index (χ1n) is 14.4. The minimum atomic E-state index is -1.57. The van der Waals surface area contributed by atoms with Crippen LogP contribution in [-0.2, 0) is 26.4 Å². The largest absolute Gasteiger partial charge is 0.496 e. The number of rotatable bonds is 11. The van der Waals surface area contributed by atoms with Crippen LogP contribution in [0.2, 0.25) is 0 Å². The van der Waals surface area contributed by atoms with Crippen molar-refractivity contribution in [3.8, 4) is 16.5 Å². The van der Waals surface area contributed by atoms with Crippen molar-refractivity contribution < 1.29 is 23.4 Å². The molecule has 1 saturated heterocycles. The number of aromatic nitrogens is 3. The number of benzene rings is 1. The monoisotopic (exact) mass is 610 g/mol. The number of fused-ring (bicyclic) bond motifs is 1. The molecule has 1 aromatic carbocycles. The minimum Gasteiger partial charge on any atom is -0.496 e. The Bertz CT molecular complexity index is 1710. The maximum atomic E-state index is 14.2. The molecular formula is C31H38N4O7S. The van der Waals surface area contributed by atoms with E-state index in [1.807, 2.05) is 31.2 Å². The van der Waals surface area contributed by atoms with Gasteiger partial charge in [0.1, 0.15) is 22.4 Å². The van der Waals surface area contributed by atoms with Gasteiger partial charge in [0.05, 0.1) is 36.3 Å². The third-order valence-electron chi connectivity index (χ3n) is 8.38. The van der Waals surface area contributed by atoms with E-state index in [0.29, 0.717) is 46.4 Å². The van der Waals surface area contributed by atoms with Crippen LogP contribution in [-0.4, -0.2) is 53.1 Å². The molecule has 2 unspecified atom stereocenters. The number of nitrogens with two attached hydrogens (primary N) is 1. The van der Waals surface area contributed by atoms with Crippen LogP contribution in [0, 0.1) is 12.8 Å². The molecule has 1 fully saturated rings. The van der Waals surface area contributed by atoms with Crippen LogP contribution in [0.4, 0.5) is 0 Å². The Balaban J connectivity index is 1.65. The highest BCUT2D eigenvalue weighted by Gasteiger charge is 2.35. The summed E-state index contributed by atoms with van der Waals surface area (Å²) in [7, 11) is 1.63. The van der Waals surface area contributed by atoms with Crippen LogP contribution in [0.1, 0.15) is 50.7 Å². The van der Waals surface area contributed by atoms with Gasteiger partial charge in [-0.15, -0.1) is 11.3 Å². The average Bonchev–Trinajstić information content (AvgIpc) is 3.64. The van der Waals surface area contributed by atoms with Crippen molar-refractivity contribution in [2.75, 3.05) is 26.9 Å². The van der Waals surface area contributed by atoms with E-state index in [1.54, 1.807) is 18.6 Å². The number of carbonyl (C=O) groups is 1. The van der Waals surface area contributed by atoms with Gasteiger partial charge in [-0.2, -0.15) is 0 Å². The smallest absolute Gasteiger partial charge is 0.333 e. The number of hydrogen-bond acceptors (Lipinski definition) is 9. The van der Waals surface area contributed by atoms with Crippen LogP contribution in [0.25, 0.3) is 21.0 Å². The number of para-hydroxylation sites is 1. The first-order valence-corrected chi connectivity index (χ1v) is 15.2. The van der Waals surface area contributed by atoms with Crippen molar-refractivity contribution in [2.45, 2.75) is 64.6 Å². The molecule has 12 heteroatoms. The van der Waals surface area contributed by atoms with Gasteiger partial charge >= 0.3 is 5.69 Å². The van der Waals surface area contributed by atoms with Gasteiger partial charge in [-0.3, -0.25) is 14.2 Å². The molecule has 2 N–H and O–H groups in total. The van der Waals surface area contributed by atoms with E-state index >= 15 is 0 Å². The number of nitrogens with zero attached hydrogens (tertiary/aromatic N) is 3. The first-order chi connectivity index (χ1) is 20.6. The molecule has 0 bridgehead atoms. The second-order valence-corrected chi connectivity index (χ2v) is 12.5. The predicted octanol–water partition coefficient (Wildman–Crippen LogP) is 4.03. The summed E-state index contributed by atoms with van der Waals surface area (Å²) in [6, 6.07) is 7.79. The van der Waals surface area contributed by atoms with E-state index in [9.17, 15) is 14.4 Å². The van der Waals surface area contributed by atoms with E-state index in [-0.39, 0.29) is 24.5 Å². The number of hydrogen-bond donors (Lipinski definition) is 1. The Morgan fingerprint density at radius 2 is 1.95 bits per heavy atom. The third-order valence-corrected chi connectivity index (χ3v) is 9.68. The number of methoxy groups -OCH3 is 1. The molecule has 43 heavy (non-hydrogen) atoms. The summed E-state index contributed by atoms with van der Waals surface area (Å²) >= 11 is 1.26. The lowest BCUT2D eigenvalue weighted by Crippen LogP contribution is -2.54. The van der Waals surface area contributed by atoms with Gasteiger partial charge in [0.15, 0.2) is 0 Å². The SMILES string of the molecule is COc1ccccc1C(COC1CCOCC1)C(C)Cn1c(=O)n(C(C)(C)C(N)=O)c(=O)c2c(C)c(-c3ncco3)sc21. The van der Waals surface area contributed by atoms with Crippen molar-refractivity contribution >= 4 is 27.5 Å². The zero-order valence-electron chi connectivity index (χ0n) is 25.1. The van der Waals surface area contributed by atoms with Crippen LogP contribution in [0.3, 0.4) is 0 Å². The molecule has 3 aromatic heterocycles. The van der Waals surface area contributed by atoms with Crippen LogP contribution < -0.4 is 21.7 Å². The second kappa shape index (κ2) is 12.5. The Hall–Kier alpha value is -3.74. The summed E-state index contributed by atoms with van der Waals surface area (Å²) in [4.78, 5) is 46.0. The van der Waals surface area contributed by atoms with Crippen molar-refractivity contribution in [3.05, 3.63) is 68.7 Å². The molecule has 0 radical (unpaired) electrons. The highest BCUT2D eigenvalue weighted by molar-refractivity contribution is 7.22. The lowest BCUT2D eigenvalue weighted by atomic mass is 9.87.